The van der Waals surface area contributed by atoms with Crippen molar-refractivity contribution in [2.24, 2.45) is 0 Å². The molecule has 0 spiro atoms. The van der Waals surface area contributed by atoms with Crippen LogP contribution < -0.4 is 10.3 Å². The number of aryl methyl sites for hydroxylation is 1. The van der Waals surface area contributed by atoms with Crippen LogP contribution in [0.15, 0.2) is 49.3 Å². The fourth-order valence-corrected chi connectivity index (χ4v) is 4.21. The maximum Gasteiger partial charge on any atom is 0.247 e. The van der Waals surface area contributed by atoms with Crippen LogP contribution in [0.1, 0.15) is 5.89 Å². The largest absolute Gasteiger partial charge is 0.439 e. The molecule has 0 bridgehead atoms. The van der Waals surface area contributed by atoms with Gasteiger partial charge in [-0.05, 0) is 17.7 Å². The van der Waals surface area contributed by atoms with Crippen molar-refractivity contribution in [3.63, 3.8) is 0 Å². The summed E-state index contributed by atoms with van der Waals surface area (Å²) >= 11 is 1.40. The van der Waals surface area contributed by atoms with E-state index in [1.807, 2.05) is 34.5 Å². The Bertz CT molecular complexity index is 1200. The van der Waals surface area contributed by atoms with Gasteiger partial charge in [-0.25, -0.2) is 0 Å². The fourth-order valence-electron chi connectivity index (χ4n) is 3.30. The molecule has 8 heteroatoms. The summed E-state index contributed by atoms with van der Waals surface area (Å²) in [5, 5.41) is 9.93. The van der Waals surface area contributed by atoms with E-state index in [-0.39, 0.29) is 5.43 Å². The summed E-state index contributed by atoms with van der Waals surface area (Å²) in [5.74, 6) is 1.57. The summed E-state index contributed by atoms with van der Waals surface area (Å²) in [4.78, 5) is 14.7. The average molecular weight is 395 g/mol. The number of ether oxygens (including phenoxy) is 1. The number of thiophene rings is 1. The first-order chi connectivity index (χ1) is 13.7. The molecule has 0 amide bonds. The van der Waals surface area contributed by atoms with Gasteiger partial charge < -0.3 is 18.5 Å². The summed E-state index contributed by atoms with van der Waals surface area (Å²) in [7, 11) is 0. The highest BCUT2D eigenvalue weighted by molar-refractivity contribution is 7.17. The number of rotatable bonds is 3. The molecular weight excluding hydrogens is 378 g/mol. The quantitative estimate of drug-likeness (QED) is 0.523. The van der Waals surface area contributed by atoms with Crippen molar-refractivity contribution in [3.05, 3.63) is 51.8 Å². The van der Waals surface area contributed by atoms with Gasteiger partial charge in [0.1, 0.15) is 4.70 Å². The lowest BCUT2D eigenvalue weighted by Gasteiger charge is -2.27. The Kier molecular flexibility index (Phi) is 4.22. The second-order valence-corrected chi connectivity index (χ2v) is 7.44. The molecule has 4 heterocycles. The van der Waals surface area contributed by atoms with Crippen LogP contribution in [0.5, 0.6) is 0 Å². The molecule has 0 N–H and O–H groups in total. The average Bonchev–Trinajstić information content (AvgIpc) is 3.35. The van der Waals surface area contributed by atoms with Gasteiger partial charge in [0.2, 0.25) is 17.2 Å². The van der Waals surface area contributed by atoms with Gasteiger partial charge in [0.15, 0.2) is 11.5 Å². The highest BCUT2D eigenvalue weighted by Crippen LogP contribution is 2.36. The van der Waals surface area contributed by atoms with Gasteiger partial charge >= 0.3 is 0 Å². The molecule has 28 heavy (non-hydrogen) atoms. The minimum Gasteiger partial charge on any atom is -0.439 e. The number of fused-ring (bicyclic) bond motifs is 1. The smallest absolute Gasteiger partial charge is 0.247 e. The van der Waals surface area contributed by atoms with Crippen molar-refractivity contribution in [2.75, 3.05) is 31.2 Å². The van der Waals surface area contributed by atoms with Crippen molar-refractivity contribution in [1.29, 1.82) is 0 Å². The molecule has 1 fully saturated rings. The number of benzene rings is 1. The monoisotopic (exact) mass is 395 g/mol. The molecule has 0 radical (unpaired) electrons. The lowest BCUT2D eigenvalue weighted by Crippen LogP contribution is -2.36. The van der Waals surface area contributed by atoms with Crippen molar-refractivity contribution in [3.8, 4) is 22.6 Å². The molecule has 7 nitrogen and oxygen atoms in total. The zero-order valence-corrected chi connectivity index (χ0v) is 16.0. The molecule has 0 atom stereocenters. The molecule has 3 aromatic heterocycles. The van der Waals surface area contributed by atoms with Crippen LogP contribution in [-0.2, 0) is 4.74 Å². The first kappa shape index (κ1) is 17.2. The Labute approximate surface area is 164 Å². The normalized spacial score (nSPS) is 14.7. The second-order valence-electron chi connectivity index (χ2n) is 6.56. The summed E-state index contributed by atoms with van der Waals surface area (Å²) in [6.07, 6.45) is 0. The van der Waals surface area contributed by atoms with Crippen molar-refractivity contribution in [1.82, 2.24) is 10.2 Å². The SMILES string of the molecule is Cc1nnc(-c2cccc(-c3csc4c(=O)cc(N5CCOCC5)oc34)c2)o1. The molecule has 0 aliphatic carbocycles. The third-order valence-corrected chi connectivity index (χ3v) is 5.68. The lowest BCUT2D eigenvalue weighted by molar-refractivity contribution is 0.121. The predicted molar refractivity (Wildman–Crippen MR) is 107 cm³/mol. The summed E-state index contributed by atoms with van der Waals surface area (Å²) in [5.41, 5.74) is 3.22. The van der Waals surface area contributed by atoms with E-state index < -0.39 is 0 Å². The van der Waals surface area contributed by atoms with Gasteiger partial charge in [-0.1, -0.05) is 12.1 Å². The van der Waals surface area contributed by atoms with Crippen LogP contribution in [0.4, 0.5) is 5.88 Å². The third-order valence-electron chi connectivity index (χ3n) is 4.70. The zero-order valence-electron chi connectivity index (χ0n) is 15.2. The first-order valence-corrected chi connectivity index (χ1v) is 9.86. The van der Waals surface area contributed by atoms with E-state index >= 15 is 0 Å². The minimum atomic E-state index is -0.0253. The standard InChI is InChI=1S/C20H17N3O4S/c1-12-21-22-20(26-12)14-4-2-3-13(9-14)15-11-28-19-16(24)10-17(27-18(15)19)23-5-7-25-8-6-23/h2-4,9-11H,5-8H2,1H3. The van der Waals surface area contributed by atoms with Gasteiger partial charge in [-0.15, -0.1) is 21.5 Å². The van der Waals surface area contributed by atoms with Crippen LogP contribution >= 0.6 is 11.3 Å². The van der Waals surface area contributed by atoms with Crippen LogP contribution in [-0.4, -0.2) is 36.5 Å². The van der Waals surface area contributed by atoms with E-state index in [2.05, 4.69) is 10.2 Å². The molecule has 5 rings (SSSR count). The van der Waals surface area contributed by atoms with Crippen molar-refractivity contribution < 1.29 is 13.6 Å². The van der Waals surface area contributed by atoms with Crippen LogP contribution in [0.2, 0.25) is 0 Å². The Morgan fingerprint density at radius 3 is 2.68 bits per heavy atom. The van der Waals surface area contributed by atoms with Gasteiger partial charge in [0, 0.05) is 42.6 Å². The second kappa shape index (κ2) is 6.88. The van der Waals surface area contributed by atoms with Crippen LogP contribution in [0.25, 0.3) is 32.9 Å². The molecular formula is C20H17N3O4S. The van der Waals surface area contributed by atoms with E-state index in [0.717, 1.165) is 16.7 Å². The predicted octanol–water partition coefficient (Wildman–Crippen LogP) is 3.72. The maximum atomic E-state index is 12.6. The van der Waals surface area contributed by atoms with Gasteiger partial charge in [0.25, 0.3) is 0 Å². The Morgan fingerprint density at radius 2 is 1.89 bits per heavy atom. The van der Waals surface area contributed by atoms with E-state index in [9.17, 15) is 4.79 Å². The summed E-state index contributed by atoms with van der Waals surface area (Å²) in [6, 6.07) is 9.37. The molecule has 1 saturated heterocycles. The zero-order chi connectivity index (χ0) is 19.1. The van der Waals surface area contributed by atoms with E-state index in [1.165, 1.54) is 11.3 Å². The number of nitrogens with zero attached hydrogens (tertiary/aromatic N) is 3. The topological polar surface area (TPSA) is 81.6 Å². The van der Waals surface area contributed by atoms with Crippen LogP contribution in [0.3, 0.4) is 0 Å². The fraction of sp³-hybridized carbons (Fsp3) is 0.250. The molecule has 0 unspecified atom stereocenters. The Balaban J connectivity index is 1.61. The highest BCUT2D eigenvalue weighted by atomic mass is 32.1. The number of hydrogen-bond acceptors (Lipinski definition) is 8. The molecule has 1 aromatic carbocycles. The van der Waals surface area contributed by atoms with Crippen molar-refractivity contribution in [2.45, 2.75) is 6.92 Å². The number of aromatic nitrogens is 2. The molecule has 4 aromatic rings. The maximum absolute atomic E-state index is 12.6. The van der Waals surface area contributed by atoms with Crippen molar-refractivity contribution >= 4 is 27.5 Å². The van der Waals surface area contributed by atoms with E-state index in [4.69, 9.17) is 13.6 Å². The van der Waals surface area contributed by atoms with Gasteiger partial charge in [-0.2, -0.15) is 0 Å². The molecule has 1 aliphatic rings. The Hall–Kier alpha value is -2.97. The number of hydrogen-bond donors (Lipinski definition) is 0. The van der Waals surface area contributed by atoms with E-state index in [0.29, 0.717) is 54.3 Å². The Morgan fingerprint density at radius 1 is 1.07 bits per heavy atom. The number of anilines is 1. The number of morpholine rings is 1. The van der Waals surface area contributed by atoms with Gasteiger partial charge in [-0.3, -0.25) is 4.79 Å². The summed E-state index contributed by atoms with van der Waals surface area (Å²) in [6.45, 7) is 4.43. The lowest BCUT2D eigenvalue weighted by atomic mass is 10.1. The third kappa shape index (κ3) is 3.00. The molecule has 0 saturated carbocycles. The van der Waals surface area contributed by atoms with E-state index in [1.54, 1.807) is 13.0 Å². The van der Waals surface area contributed by atoms with Gasteiger partial charge in [0.05, 0.1) is 13.2 Å². The first-order valence-electron chi connectivity index (χ1n) is 8.98. The minimum absolute atomic E-state index is 0.0253. The highest BCUT2D eigenvalue weighted by Gasteiger charge is 2.19. The van der Waals surface area contributed by atoms with Crippen LogP contribution in [0, 0.1) is 6.92 Å². The molecule has 142 valence electrons. The molecule has 1 aliphatic heterocycles. The summed E-state index contributed by atoms with van der Waals surface area (Å²) < 4.78 is 17.7.